The van der Waals surface area contributed by atoms with Crippen molar-refractivity contribution < 1.29 is 18.4 Å². The number of amides is 1. The van der Waals surface area contributed by atoms with E-state index in [1.807, 2.05) is 5.32 Å². The number of hydrogen-bond acceptors (Lipinski definition) is 3. The second-order valence-corrected chi connectivity index (χ2v) is 3.25. The number of benzene rings is 1. The van der Waals surface area contributed by atoms with E-state index in [0.717, 1.165) is 12.1 Å². The zero-order chi connectivity index (χ0) is 13.0. The normalized spacial score (nSPS) is 9.53. The predicted molar refractivity (Wildman–Crippen MR) is 55.2 cm³/mol. The molecule has 0 saturated carbocycles. The molecule has 0 heterocycles. The van der Waals surface area contributed by atoms with Gasteiger partial charge in [0, 0.05) is 5.56 Å². The van der Waals surface area contributed by atoms with Gasteiger partial charge in [-0.15, -0.1) is 0 Å². The van der Waals surface area contributed by atoms with Crippen molar-refractivity contribution in [3.63, 3.8) is 0 Å². The number of Topliss-reactive ketones (excluding diaryl/α,β-unsaturated/α-hetero) is 1. The number of hydrogen-bond donors (Lipinski definition) is 1. The minimum absolute atomic E-state index is 0.127. The number of carbonyl (C=O) groups is 2. The standard InChI is InChI=1S/C11H8F2N2O2/c1-6(16)7-4-8(12)11(9(13)5-7)15-10(17)2-3-14/h4-5H,2H2,1H3,(H,15,17). The number of halogens is 2. The van der Waals surface area contributed by atoms with Gasteiger partial charge in [0.25, 0.3) is 0 Å². The largest absolute Gasteiger partial charge is 0.320 e. The van der Waals surface area contributed by atoms with Crippen molar-refractivity contribution in [3.05, 3.63) is 29.3 Å². The lowest BCUT2D eigenvalue weighted by molar-refractivity contribution is -0.115. The van der Waals surface area contributed by atoms with Crippen molar-refractivity contribution in [1.82, 2.24) is 0 Å². The number of nitrogens with zero attached hydrogens (tertiary/aromatic N) is 1. The molecule has 88 valence electrons. The summed E-state index contributed by atoms with van der Waals surface area (Å²) in [5.41, 5.74) is -0.784. The summed E-state index contributed by atoms with van der Waals surface area (Å²) in [5.74, 6) is -3.42. The zero-order valence-electron chi connectivity index (χ0n) is 8.88. The Labute approximate surface area is 95.9 Å². The van der Waals surface area contributed by atoms with E-state index >= 15 is 0 Å². The van der Waals surface area contributed by atoms with Crippen molar-refractivity contribution in [2.45, 2.75) is 13.3 Å². The molecule has 0 spiro atoms. The van der Waals surface area contributed by atoms with Gasteiger partial charge in [0.1, 0.15) is 23.7 Å². The number of nitrogens with one attached hydrogen (secondary N) is 1. The molecule has 0 aliphatic rings. The van der Waals surface area contributed by atoms with Crippen molar-refractivity contribution in [1.29, 1.82) is 5.26 Å². The summed E-state index contributed by atoms with van der Waals surface area (Å²) >= 11 is 0. The summed E-state index contributed by atoms with van der Waals surface area (Å²) in [5, 5.41) is 10.2. The van der Waals surface area contributed by atoms with Crippen LogP contribution in [0.2, 0.25) is 0 Å². The van der Waals surface area contributed by atoms with Gasteiger partial charge in [-0.05, 0) is 19.1 Å². The molecule has 1 amide bonds. The van der Waals surface area contributed by atoms with E-state index in [0.29, 0.717) is 0 Å². The average Bonchev–Trinajstić information content (AvgIpc) is 2.23. The van der Waals surface area contributed by atoms with Gasteiger partial charge in [-0.1, -0.05) is 0 Å². The highest BCUT2D eigenvalue weighted by Crippen LogP contribution is 2.21. The van der Waals surface area contributed by atoms with Crippen LogP contribution in [0.4, 0.5) is 14.5 Å². The summed E-state index contributed by atoms with van der Waals surface area (Å²) in [7, 11) is 0. The zero-order valence-corrected chi connectivity index (χ0v) is 8.88. The molecule has 0 fully saturated rings. The topological polar surface area (TPSA) is 70.0 Å². The molecule has 0 bridgehead atoms. The fourth-order valence-corrected chi connectivity index (χ4v) is 1.15. The number of ketones is 1. The van der Waals surface area contributed by atoms with E-state index in [9.17, 15) is 18.4 Å². The fourth-order valence-electron chi connectivity index (χ4n) is 1.15. The van der Waals surface area contributed by atoms with Gasteiger partial charge in [-0.25, -0.2) is 8.78 Å². The van der Waals surface area contributed by atoms with Crippen LogP contribution in [-0.2, 0) is 4.79 Å². The Bertz CT molecular complexity index is 498. The molecule has 17 heavy (non-hydrogen) atoms. The van der Waals surface area contributed by atoms with Gasteiger partial charge in [0.15, 0.2) is 5.78 Å². The second-order valence-electron chi connectivity index (χ2n) is 3.25. The van der Waals surface area contributed by atoms with Crippen LogP contribution in [0, 0.1) is 23.0 Å². The van der Waals surface area contributed by atoms with Crippen LogP contribution >= 0.6 is 0 Å². The maximum atomic E-state index is 13.4. The minimum atomic E-state index is -1.05. The Morgan fingerprint density at radius 3 is 2.29 bits per heavy atom. The van der Waals surface area contributed by atoms with E-state index in [2.05, 4.69) is 0 Å². The first-order chi connectivity index (χ1) is 7.95. The molecule has 1 aromatic carbocycles. The summed E-state index contributed by atoms with van der Waals surface area (Å²) in [6.07, 6.45) is -0.507. The van der Waals surface area contributed by atoms with Crippen molar-refractivity contribution in [2.24, 2.45) is 0 Å². The first-order valence-corrected chi connectivity index (χ1v) is 4.62. The Kier molecular flexibility index (Phi) is 3.88. The summed E-state index contributed by atoms with van der Waals surface area (Å²) in [6, 6.07) is 3.20. The molecule has 0 atom stereocenters. The van der Waals surface area contributed by atoms with Gasteiger partial charge in [0.2, 0.25) is 5.91 Å². The summed E-state index contributed by atoms with van der Waals surface area (Å²) in [6.45, 7) is 1.17. The van der Waals surface area contributed by atoms with Gasteiger partial charge < -0.3 is 5.32 Å². The van der Waals surface area contributed by atoms with E-state index in [1.54, 1.807) is 6.07 Å². The molecule has 1 rings (SSSR count). The molecule has 0 saturated heterocycles. The van der Waals surface area contributed by atoms with Crippen molar-refractivity contribution in [2.75, 3.05) is 5.32 Å². The molecule has 0 radical (unpaired) electrons. The third-order valence-corrected chi connectivity index (χ3v) is 1.95. The summed E-state index contributed by atoms with van der Waals surface area (Å²) < 4.78 is 26.8. The predicted octanol–water partition coefficient (Wildman–Crippen LogP) is 2.02. The molecule has 0 aromatic heterocycles. The van der Waals surface area contributed by atoms with Gasteiger partial charge in [-0.3, -0.25) is 9.59 Å². The average molecular weight is 238 g/mol. The first kappa shape index (κ1) is 12.8. The van der Waals surface area contributed by atoms with Gasteiger partial charge >= 0.3 is 0 Å². The van der Waals surface area contributed by atoms with Crippen LogP contribution in [0.25, 0.3) is 0 Å². The SMILES string of the molecule is CC(=O)c1cc(F)c(NC(=O)CC#N)c(F)c1. The van der Waals surface area contributed by atoms with E-state index in [-0.39, 0.29) is 5.56 Å². The highest BCUT2D eigenvalue weighted by Gasteiger charge is 2.15. The van der Waals surface area contributed by atoms with Crippen LogP contribution in [0.5, 0.6) is 0 Å². The molecule has 1 aromatic rings. The molecular formula is C11H8F2N2O2. The Hall–Kier alpha value is -2.29. The first-order valence-electron chi connectivity index (χ1n) is 4.62. The van der Waals surface area contributed by atoms with E-state index < -0.39 is 35.4 Å². The molecule has 0 aliphatic heterocycles. The molecule has 0 unspecified atom stereocenters. The molecule has 0 aliphatic carbocycles. The number of carbonyl (C=O) groups excluding carboxylic acids is 2. The van der Waals surface area contributed by atoms with Crippen LogP contribution in [0.3, 0.4) is 0 Å². The highest BCUT2D eigenvalue weighted by atomic mass is 19.1. The third kappa shape index (κ3) is 3.08. The number of rotatable bonds is 3. The Balaban J connectivity index is 3.07. The van der Waals surface area contributed by atoms with Crippen LogP contribution in [0.1, 0.15) is 23.7 Å². The Morgan fingerprint density at radius 1 is 1.35 bits per heavy atom. The van der Waals surface area contributed by atoms with E-state index in [4.69, 9.17) is 5.26 Å². The summed E-state index contributed by atoms with van der Waals surface area (Å²) in [4.78, 5) is 21.9. The number of anilines is 1. The van der Waals surface area contributed by atoms with Gasteiger partial charge in [0.05, 0.1) is 6.07 Å². The quantitative estimate of drug-likeness (QED) is 0.819. The van der Waals surface area contributed by atoms with E-state index in [1.165, 1.54) is 6.92 Å². The lowest BCUT2D eigenvalue weighted by Crippen LogP contribution is -2.13. The number of nitriles is 1. The monoisotopic (exact) mass is 238 g/mol. The fraction of sp³-hybridized carbons (Fsp3) is 0.182. The maximum Gasteiger partial charge on any atom is 0.238 e. The molecule has 1 N–H and O–H groups in total. The van der Waals surface area contributed by atoms with Crippen LogP contribution < -0.4 is 5.32 Å². The van der Waals surface area contributed by atoms with Gasteiger partial charge in [-0.2, -0.15) is 5.26 Å². The molecule has 6 heteroatoms. The lowest BCUT2D eigenvalue weighted by Gasteiger charge is -2.07. The molecule has 4 nitrogen and oxygen atoms in total. The minimum Gasteiger partial charge on any atom is -0.320 e. The second kappa shape index (κ2) is 5.16. The molecular weight excluding hydrogens is 230 g/mol. The Morgan fingerprint density at radius 2 is 1.88 bits per heavy atom. The highest BCUT2D eigenvalue weighted by molar-refractivity contribution is 5.96. The third-order valence-electron chi connectivity index (χ3n) is 1.95. The maximum absolute atomic E-state index is 13.4. The van der Waals surface area contributed by atoms with Crippen LogP contribution in [0.15, 0.2) is 12.1 Å². The lowest BCUT2D eigenvalue weighted by atomic mass is 10.1. The van der Waals surface area contributed by atoms with Crippen molar-refractivity contribution in [3.8, 4) is 6.07 Å². The van der Waals surface area contributed by atoms with Crippen molar-refractivity contribution >= 4 is 17.4 Å². The smallest absolute Gasteiger partial charge is 0.238 e. The van der Waals surface area contributed by atoms with Crippen LogP contribution in [-0.4, -0.2) is 11.7 Å².